The Morgan fingerprint density at radius 3 is 2.79 bits per heavy atom. The Morgan fingerprint density at radius 2 is 2.07 bits per heavy atom. The van der Waals surface area contributed by atoms with Gasteiger partial charge in [0.15, 0.2) is 0 Å². The van der Waals surface area contributed by atoms with Crippen LogP contribution in [0.5, 0.6) is 0 Å². The van der Waals surface area contributed by atoms with Crippen molar-refractivity contribution in [3.63, 3.8) is 0 Å². The lowest BCUT2D eigenvalue weighted by molar-refractivity contribution is 0.817. The van der Waals surface area contributed by atoms with Crippen LogP contribution < -0.4 is 5.32 Å². The van der Waals surface area contributed by atoms with E-state index in [0.29, 0.717) is 5.92 Å². The topological polar surface area (TPSA) is 12.0 Å². The van der Waals surface area contributed by atoms with Gasteiger partial charge in [-0.05, 0) is 36.0 Å². The van der Waals surface area contributed by atoms with Gasteiger partial charge in [-0.25, -0.2) is 0 Å². The molecular formula is C13H17N. The molecule has 0 saturated carbocycles. The molecule has 0 atom stereocenters. The van der Waals surface area contributed by atoms with Crippen molar-refractivity contribution in [2.75, 3.05) is 5.32 Å². The average Bonchev–Trinajstić information content (AvgIpc) is 2.16. The van der Waals surface area contributed by atoms with E-state index < -0.39 is 0 Å². The Kier molecular flexibility index (Phi) is 2.32. The van der Waals surface area contributed by atoms with Crippen molar-refractivity contribution in [2.24, 2.45) is 0 Å². The minimum absolute atomic E-state index is 0.609. The Hall–Kier alpha value is -1.24. The molecule has 0 unspecified atom stereocenters. The molecule has 74 valence electrons. The predicted octanol–water partition coefficient (Wildman–Crippen LogP) is 3.68. The number of hydrogen-bond donors (Lipinski definition) is 1. The van der Waals surface area contributed by atoms with E-state index in [0.717, 1.165) is 18.5 Å². The Bertz CT molecular complexity index is 363. The Balaban J connectivity index is 2.46. The van der Waals surface area contributed by atoms with E-state index in [-0.39, 0.29) is 0 Å². The van der Waals surface area contributed by atoms with Gasteiger partial charge in [0.2, 0.25) is 0 Å². The summed E-state index contributed by atoms with van der Waals surface area (Å²) >= 11 is 0. The van der Waals surface area contributed by atoms with Crippen LogP contribution in [0.1, 0.15) is 37.3 Å². The molecule has 1 nitrogen and oxygen atoms in total. The standard InChI is InChI=1S/C13H17N/c1-9(2)11-5-4-6-13-12(11)8-7-10(3)14-13/h4-6,9,14H,3,7-8H2,1-2H3. The van der Waals surface area contributed by atoms with Crippen LogP contribution in [0.4, 0.5) is 5.69 Å². The van der Waals surface area contributed by atoms with Gasteiger partial charge >= 0.3 is 0 Å². The SMILES string of the molecule is C=C1CCc2c(cccc2C(C)C)N1. The fraction of sp³-hybridized carbons (Fsp3) is 0.385. The van der Waals surface area contributed by atoms with E-state index in [1.807, 2.05) is 0 Å². The maximum atomic E-state index is 3.98. The van der Waals surface area contributed by atoms with Gasteiger partial charge in [-0.1, -0.05) is 32.6 Å². The number of rotatable bonds is 1. The molecule has 1 heteroatoms. The number of hydrogen-bond acceptors (Lipinski definition) is 1. The highest BCUT2D eigenvalue weighted by atomic mass is 14.9. The van der Waals surface area contributed by atoms with Crippen molar-refractivity contribution >= 4 is 5.69 Å². The second kappa shape index (κ2) is 3.49. The van der Waals surface area contributed by atoms with Crippen LogP contribution >= 0.6 is 0 Å². The molecule has 1 aromatic carbocycles. The molecule has 0 saturated heterocycles. The molecule has 1 heterocycles. The first kappa shape index (κ1) is 9.32. The van der Waals surface area contributed by atoms with Crippen LogP contribution in [0.15, 0.2) is 30.5 Å². The first-order valence-electron chi connectivity index (χ1n) is 5.25. The number of nitrogens with one attached hydrogen (secondary N) is 1. The molecule has 0 spiro atoms. The monoisotopic (exact) mass is 187 g/mol. The third-order valence-corrected chi connectivity index (χ3v) is 2.82. The van der Waals surface area contributed by atoms with Crippen molar-refractivity contribution in [2.45, 2.75) is 32.6 Å². The molecule has 0 radical (unpaired) electrons. The van der Waals surface area contributed by atoms with E-state index in [1.54, 1.807) is 0 Å². The normalized spacial score (nSPS) is 15.2. The summed E-state index contributed by atoms with van der Waals surface area (Å²) in [6, 6.07) is 6.50. The van der Waals surface area contributed by atoms with Crippen LogP contribution in [-0.4, -0.2) is 0 Å². The first-order valence-corrected chi connectivity index (χ1v) is 5.25. The van der Waals surface area contributed by atoms with Crippen LogP contribution in [0.3, 0.4) is 0 Å². The molecule has 1 aliphatic rings. The zero-order valence-corrected chi connectivity index (χ0v) is 8.93. The fourth-order valence-electron chi connectivity index (χ4n) is 2.07. The van der Waals surface area contributed by atoms with Gasteiger partial charge in [-0.3, -0.25) is 0 Å². The Labute approximate surface area is 85.8 Å². The quantitative estimate of drug-likeness (QED) is 0.707. The third-order valence-electron chi connectivity index (χ3n) is 2.82. The van der Waals surface area contributed by atoms with Crippen molar-refractivity contribution < 1.29 is 0 Å². The van der Waals surface area contributed by atoms with Crippen molar-refractivity contribution in [1.29, 1.82) is 0 Å². The lowest BCUT2D eigenvalue weighted by Gasteiger charge is -2.24. The molecule has 1 aliphatic heterocycles. The lowest BCUT2D eigenvalue weighted by atomic mass is 9.90. The second-order valence-corrected chi connectivity index (χ2v) is 4.26. The third kappa shape index (κ3) is 1.54. The zero-order valence-electron chi connectivity index (χ0n) is 8.93. The fourth-order valence-corrected chi connectivity index (χ4v) is 2.07. The minimum atomic E-state index is 0.609. The van der Waals surface area contributed by atoms with Crippen LogP contribution in [0, 0.1) is 0 Å². The van der Waals surface area contributed by atoms with Gasteiger partial charge < -0.3 is 5.32 Å². The van der Waals surface area contributed by atoms with Gasteiger partial charge in [0.25, 0.3) is 0 Å². The molecule has 0 aromatic heterocycles. The lowest BCUT2D eigenvalue weighted by Crippen LogP contribution is -2.11. The number of allylic oxidation sites excluding steroid dienone is 1. The number of anilines is 1. The average molecular weight is 187 g/mol. The van der Waals surface area contributed by atoms with Crippen molar-refractivity contribution in [3.8, 4) is 0 Å². The van der Waals surface area contributed by atoms with E-state index in [2.05, 4.69) is 43.9 Å². The van der Waals surface area contributed by atoms with E-state index in [1.165, 1.54) is 16.8 Å². The number of benzene rings is 1. The summed E-state index contributed by atoms with van der Waals surface area (Å²) in [6.45, 7) is 8.47. The van der Waals surface area contributed by atoms with Crippen LogP contribution in [0.25, 0.3) is 0 Å². The maximum Gasteiger partial charge on any atom is 0.0417 e. The maximum absolute atomic E-state index is 3.98. The highest BCUT2D eigenvalue weighted by Crippen LogP contribution is 2.32. The van der Waals surface area contributed by atoms with Gasteiger partial charge in [0.05, 0.1) is 0 Å². The molecule has 0 aliphatic carbocycles. The van der Waals surface area contributed by atoms with Crippen LogP contribution in [-0.2, 0) is 6.42 Å². The molecule has 1 aromatic rings. The molecule has 0 bridgehead atoms. The smallest absolute Gasteiger partial charge is 0.0417 e. The Morgan fingerprint density at radius 1 is 1.29 bits per heavy atom. The summed E-state index contributed by atoms with van der Waals surface area (Å²) in [5.74, 6) is 0.609. The molecule has 0 amide bonds. The zero-order chi connectivity index (χ0) is 10.1. The van der Waals surface area contributed by atoms with E-state index in [4.69, 9.17) is 0 Å². The van der Waals surface area contributed by atoms with Crippen molar-refractivity contribution in [1.82, 2.24) is 0 Å². The highest BCUT2D eigenvalue weighted by molar-refractivity contribution is 5.60. The van der Waals surface area contributed by atoms with Crippen LogP contribution in [0.2, 0.25) is 0 Å². The summed E-state index contributed by atoms with van der Waals surface area (Å²) in [5, 5.41) is 3.36. The highest BCUT2D eigenvalue weighted by Gasteiger charge is 2.15. The summed E-state index contributed by atoms with van der Waals surface area (Å²) in [7, 11) is 0. The number of fused-ring (bicyclic) bond motifs is 1. The minimum Gasteiger partial charge on any atom is -0.359 e. The first-order chi connectivity index (χ1) is 6.68. The second-order valence-electron chi connectivity index (χ2n) is 4.26. The summed E-state index contributed by atoms with van der Waals surface area (Å²) in [6.07, 6.45) is 2.20. The summed E-state index contributed by atoms with van der Waals surface area (Å²) in [4.78, 5) is 0. The predicted molar refractivity (Wildman–Crippen MR) is 61.6 cm³/mol. The largest absolute Gasteiger partial charge is 0.359 e. The molecule has 0 fully saturated rings. The molecular weight excluding hydrogens is 170 g/mol. The van der Waals surface area contributed by atoms with Gasteiger partial charge in [0, 0.05) is 11.4 Å². The molecule has 14 heavy (non-hydrogen) atoms. The van der Waals surface area contributed by atoms with Crippen molar-refractivity contribution in [3.05, 3.63) is 41.6 Å². The summed E-state index contributed by atoms with van der Waals surface area (Å²) in [5.41, 5.74) is 5.35. The molecule has 2 rings (SSSR count). The van der Waals surface area contributed by atoms with E-state index in [9.17, 15) is 0 Å². The van der Waals surface area contributed by atoms with E-state index >= 15 is 0 Å². The summed E-state index contributed by atoms with van der Waals surface area (Å²) < 4.78 is 0. The van der Waals surface area contributed by atoms with Gasteiger partial charge in [-0.2, -0.15) is 0 Å². The van der Waals surface area contributed by atoms with Gasteiger partial charge in [0.1, 0.15) is 0 Å². The van der Waals surface area contributed by atoms with Gasteiger partial charge in [-0.15, -0.1) is 0 Å². The molecule has 1 N–H and O–H groups in total.